The molecule has 0 bridgehead atoms. The fraction of sp³-hybridized carbons (Fsp3) is 0.0909. The summed E-state index contributed by atoms with van der Waals surface area (Å²) in [5, 5.41) is 2.44. The molecule has 4 aromatic rings. The van der Waals surface area contributed by atoms with Crippen LogP contribution < -0.4 is 24.6 Å². The fourth-order valence-electron chi connectivity index (χ4n) is 4.47. The number of rotatable bonds is 9. The molecule has 1 fully saturated rings. The highest BCUT2D eigenvalue weighted by molar-refractivity contribution is 6.46. The van der Waals surface area contributed by atoms with E-state index in [-0.39, 0.29) is 45.8 Å². The van der Waals surface area contributed by atoms with E-state index >= 15 is 0 Å². The SMILES string of the molecule is CCOc1cc(C=C2C(=O)N(c3ccccc3)C(=O)N(c3ccccc3)C2=O)cc(Cl)c1OCC(=O)Nc1ccccc1F. The van der Waals surface area contributed by atoms with Crippen LogP contribution in [-0.2, 0) is 14.4 Å². The molecule has 1 saturated heterocycles. The van der Waals surface area contributed by atoms with E-state index in [0.717, 1.165) is 9.80 Å². The van der Waals surface area contributed by atoms with Crippen LogP contribution in [-0.4, -0.2) is 37.0 Å². The molecule has 0 aromatic heterocycles. The minimum Gasteiger partial charge on any atom is -0.490 e. The minimum absolute atomic E-state index is 0.00593. The lowest BCUT2D eigenvalue weighted by Crippen LogP contribution is -2.57. The van der Waals surface area contributed by atoms with Crippen LogP contribution in [0.5, 0.6) is 11.5 Å². The number of urea groups is 1. The third-order valence-corrected chi connectivity index (χ3v) is 6.70. The number of amides is 5. The number of ether oxygens (including phenoxy) is 2. The van der Waals surface area contributed by atoms with Gasteiger partial charge >= 0.3 is 6.03 Å². The zero-order valence-electron chi connectivity index (χ0n) is 23.3. The van der Waals surface area contributed by atoms with Crippen LogP contribution in [0.4, 0.5) is 26.2 Å². The molecule has 1 heterocycles. The summed E-state index contributed by atoms with van der Waals surface area (Å²) >= 11 is 6.53. The van der Waals surface area contributed by atoms with Crippen molar-refractivity contribution in [3.8, 4) is 11.5 Å². The molecule has 1 aliphatic rings. The highest BCUT2D eigenvalue weighted by Crippen LogP contribution is 2.38. The van der Waals surface area contributed by atoms with Gasteiger partial charge in [0.2, 0.25) is 0 Å². The first-order chi connectivity index (χ1) is 21.3. The zero-order chi connectivity index (χ0) is 31.2. The van der Waals surface area contributed by atoms with E-state index in [4.69, 9.17) is 21.1 Å². The second-order valence-corrected chi connectivity index (χ2v) is 9.78. The Hall–Kier alpha value is -5.48. The molecule has 4 aromatic carbocycles. The molecule has 0 saturated carbocycles. The van der Waals surface area contributed by atoms with Gasteiger partial charge in [0.05, 0.1) is 28.7 Å². The lowest BCUT2D eigenvalue weighted by molar-refractivity contribution is -0.121. The number of halogens is 2. The van der Waals surface area contributed by atoms with E-state index < -0.39 is 36.2 Å². The predicted molar refractivity (Wildman–Crippen MR) is 164 cm³/mol. The number of imide groups is 2. The van der Waals surface area contributed by atoms with Crippen LogP contribution in [0.25, 0.3) is 6.08 Å². The minimum atomic E-state index is -0.822. The average molecular weight is 614 g/mol. The summed E-state index contributed by atoms with van der Waals surface area (Å²) in [6.45, 7) is 1.42. The number of nitrogens with zero attached hydrogens (tertiary/aromatic N) is 2. The Morgan fingerprint density at radius 1 is 0.841 bits per heavy atom. The highest BCUT2D eigenvalue weighted by Gasteiger charge is 2.43. The van der Waals surface area contributed by atoms with Crippen molar-refractivity contribution in [2.24, 2.45) is 0 Å². The third kappa shape index (κ3) is 6.30. The molecule has 5 amide bonds. The number of carbonyl (C=O) groups excluding carboxylic acids is 4. The van der Waals surface area contributed by atoms with Crippen molar-refractivity contribution in [3.05, 3.63) is 119 Å². The van der Waals surface area contributed by atoms with Crippen molar-refractivity contribution in [1.29, 1.82) is 0 Å². The Morgan fingerprint density at radius 2 is 1.41 bits per heavy atom. The van der Waals surface area contributed by atoms with E-state index in [1.165, 1.54) is 36.4 Å². The van der Waals surface area contributed by atoms with E-state index in [1.54, 1.807) is 73.7 Å². The normalized spacial score (nSPS) is 13.2. The number of hydrogen-bond acceptors (Lipinski definition) is 6. The van der Waals surface area contributed by atoms with E-state index in [9.17, 15) is 23.6 Å². The van der Waals surface area contributed by atoms with E-state index in [0.29, 0.717) is 5.56 Å². The van der Waals surface area contributed by atoms with Crippen LogP contribution >= 0.6 is 11.6 Å². The second kappa shape index (κ2) is 13.2. The number of benzene rings is 4. The van der Waals surface area contributed by atoms with Gasteiger partial charge in [-0.3, -0.25) is 14.4 Å². The van der Waals surface area contributed by atoms with Crippen molar-refractivity contribution in [2.75, 3.05) is 28.3 Å². The summed E-state index contributed by atoms with van der Waals surface area (Å²) in [6.07, 6.45) is 1.31. The molecule has 0 aliphatic carbocycles. The smallest absolute Gasteiger partial charge is 0.343 e. The molecule has 0 spiro atoms. The number of nitrogens with one attached hydrogen (secondary N) is 1. The van der Waals surface area contributed by atoms with Crippen molar-refractivity contribution in [1.82, 2.24) is 0 Å². The first kappa shape index (κ1) is 30.0. The summed E-state index contributed by atoms with van der Waals surface area (Å²) < 4.78 is 25.3. The largest absolute Gasteiger partial charge is 0.490 e. The summed E-state index contributed by atoms with van der Waals surface area (Å²) in [7, 11) is 0. The molecule has 11 heteroatoms. The molecule has 222 valence electrons. The topological polar surface area (TPSA) is 105 Å². The van der Waals surface area contributed by atoms with Gasteiger partial charge in [-0.25, -0.2) is 19.0 Å². The van der Waals surface area contributed by atoms with Gasteiger partial charge in [0.15, 0.2) is 18.1 Å². The second-order valence-electron chi connectivity index (χ2n) is 9.37. The quantitative estimate of drug-likeness (QED) is 0.171. The number of para-hydroxylation sites is 3. The Morgan fingerprint density at radius 3 is 1.98 bits per heavy atom. The molecule has 44 heavy (non-hydrogen) atoms. The summed E-state index contributed by atoms with van der Waals surface area (Å²) in [4.78, 5) is 55.1. The van der Waals surface area contributed by atoms with Gasteiger partial charge in [0.25, 0.3) is 17.7 Å². The summed E-state index contributed by atoms with van der Waals surface area (Å²) in [5.74, 6) is -2.71. The zero-order valence-corrected chi connectivity index (χ0v) is 24.1. The van der Waals surface area contributed by atoms with Gasteiger partial charge in [-0.05, 0) is 67.1 Å². The molecule has 1 aliphatic heterocycles. The monoisotopic (exact) mass is 613 g/mol. The first-order valence-electron chi connectivity index (χ1n) is 13.5. The van der Waals surface area contributed by atoms with Gasteiger partial charge < -0.3 is 14.8 Å². The maximum absolute atomic E-state index is 13.9. The van der Waals surface area contributed by atoms with Gasteiger partial charge in [0, 0.05) is 0 Å². The highest BCUT2D eigenvalue weighted by atomic mass is 35.5. The standard InChI is InChI=1S/C33H25ClFN3O6/c1-2-43-28-19-21(18-25(34)30(28)44-20-29(39)36-27-16-10-9-15-26(27)35)17-24-31(40)37(22-11-5-3-6-12-22)33(42)38(32(24)41)23-13-7-4-8-14-23/h3-19H,2,20H2,1H3,(H,36,39). The average Bonchev–Trinajstić information content (AvgIpc) is 3.01. The van der Waals surface area contributed by atoms with E-state index in [1.807, 2.05) is 0 Å². The Balaban J connectivity index is 1.48. The van der Waals surface area contributed by atoms with Crippen LogP contribution in [0.15, 0.2) is 103 Å². The van der Waals surface area contributed by atoms with Gasteiger partial charge in [-0.1, -0.05) is 60.1 Å². The Kier molecular flexibility index (Phi) is 9.01. The van der Waals surface area contributed by atoms with E-state index in [2.05, 4.69) is 5.32 Å². The van der Waals surface area contributed by atoms with Crippen molar-refractivity contribution < 1.29 is 33.0 Å². The number of barbiturate groups is 1. The van der Waals surface area contributed by atoms with Gasteiger partial charge in [0.1, 0.15) is 11.4 Å². The third-order valence-electron chi connectivity index (χ3n) is 6.42. The Bertz CT molecular complexity index is 1700. The Labute approximate surface area is 257 Å². The molecule has 0 unspecified atom stereocenters. The maximum atomic E-state index is 13.9. The molecule has 1 N–H and O–H groups in total. The lowest BCUT2D eigenvalue weighted by atomic mass is 10.0. The molecular weight excluding hydrogens is 589 g/mol. The van der Waals surface area contributed by atoms with Crippen molar-refractivity contribution in [2.45, 2.75) is 6.92 Å². The van der Waals surface area contributed by atoms with Crippen LogP contribution in [0, 0.1) is 5.82 Å². The molecule has 0 radical (unpaired) electrons. The van der Waals surface area contributed by atoms with Crippen molar-refractivity contribution >= 4 is 58.5 Å². The van der Waals surface area contributed by atoms with Gasteiger partial charge in [-0.2, -0.15) is 0 Å². The fourth-order valence-corrected chi connectivity index (χ4v) is 4.74. The number of carbonyl (C=O) groups is 4. The van der Waals surface area contributed by atoms with Crippen molar-refractivity contribution in [3.63, 3.8) is 0 Å². The molecular formula is C33H25ClFN3O6. The van der Waals surface area contributed by atoms with Gasteiger partial charge in [-0.15, -0.1) is 0 Å². The predicted octanol–water partition coefficient (Wildman–Crippen LogP) is 6.48. The first-order valence-corrected chi connectivity index (χ1v) is 13.8. The van der Waals surface area contributed by atoms with Crippen LogP contribution in [0.2, 0.25) is 5.02 Å². The molecule has 0 atom stereocenters. The molecule has 5 rings (SSSR count). The lowest BCUT2D eigenvalue weighted by Gasteiger charge is -2.34. The summed E-state index contributed by atoms with van der Waals surface area (Å²) in [6, 6.07) is 24.3. The van der Waals surface area contributed by atoms with Crippen LogP contribution in [0.3, 0.4) is 0 Å². The molecule has 9 nitrogen and oxygen atoms in total. The van der Waals surface area contributed by atoms with Crippen LogP contribution in [0.1, 0.15) is 12.5 Å². The number of hydrogen-bond donors (Lipinski definition) is 1. The maximum Gasteiger partial charge on any atom is 0.343 e. The summed E-state index contributed by atoms with van der Waals surface area (Å²) in [5.41, 5.74) is 0.565. The number of anilines is 3.